The van der Waals surface area contributed by atoms with Crippen LogP contribution in [0.4, 0.5) is 5.69 Å². The number of nitrogens with zero attached hydrogens (tertiary/aromatic N) is 1. The molecule has 1 aromatic carbocycles. The lowest BCUT2D eigenvalue weighted by Gasteiger charge is -2.13. The number of sulfone groups is 1. The fourth-order valence-corrected chi connectivity index (χ4v) is 3.76. The summed E-state index contributed by atoms with van der Waals surface area (Å²) in [5, 5.41) is 10.5. The largest absolute Gasteiger partial charge is 0.269 e. The molecule has 0 spiro atoms. The molecule has 0 amide bonds. The molecule has 0 aliphatic carbocycles. The summed E-state index contributed by atoms with van der Waals surface area (Å²) in [6, 6.07) is 5.08. The van der Waals surface area contributed by atoms with E-state index in [-0.39, 0.29) is 22.3 Å². The zero-order chi connectivity index (χ0) is 17.2. The van der Waals surface area contributed by atoms with E-state index in [1.807, 2.05) is 13.8 Å². The van der Waals surface area contributed by atoms with Gasteiger partial charge in [0, 0.05) is 12.1 Å². The van der Waals surface area contributed by atoms with Crippen LogP contribution in [0, 0.1) is 16.0 Å². The molecule has 0 aromatic heterocycles. The predicted molar refractivity (Wildman–Crippen MR) is 89.8 cm³/mol. The van der Waals surface area contributed by atoms with Gasteiger partial charge in [-0.2, -0.15) is 0 Å². The van der Waals surface area contributed by atoms with Gasteiger partial charge in [0.15, 0.2) is 9.84 Å². The first-order valence-electron chi connectivity index (χ1n) is 7.79. The van der Waals surface area contributed by atoms with Gasteiger partial charge >= 0.3 is 0 Å². The van der Waals surface area contributed by atoms with Crippen LogP contribution < -0.4 is 0 Å². The van der Waals surface area contributed by atoms with Crippen molar-refractivity contribution in [2.75, 3.05) is 5.75 Å². The SMILES string of the molecule is CCC.CCCC(CC)CS(=O)(=O)c1ccc([N+](=O)[O-])cc1. The second kappa shape index (κ2) is 10.3. The highest BCUT2D eigenvalue weighted by Crippen LogP contribution is 2.21. The van der Waals surface area contributed by atoms with Crippen LogP contribution in [0.1, 0.15) is 53.4 Å². The molecule has 0 saturated heterocycles. The van der Waals surface area contributed by atoms with Crippen molar-refractivity contribution in [3.8, 4) is 0 Å². The molecule has 1 atom stereocenters. The summed E-state index contributed by atoms with van der Waals surface area (Å²) >= 11 is 0. The molecule has 1 aromatic rings. The van der Waals surface area contributed by atoms with E-state index >= 15 is 0 Å². The molecule has 5 nitrogen and oxygen atoms in total. The summed E-state index contributed by atoms with van der Waals surface area (Å²) in [5.74, 6) is 0.250. The van der Waals surface area contributed by atoms with E-state index in [4.69, 9.17) is 0 Å². The maximum absolute atomic E-state index is 12.2. The predicted octanol–water partition coefficient (Wildman–Crippen LogP) is 4.61. The van der Waals surface area contributed by atoms with Gasteiger partial charge in [0.25, 0.3) is 5.69 Å². The third kappa shape index (κ3) is 7.02. The summed E-state index contributed by atoms with van der Waals surface area (Å²) < 4.78 is 24.4. The molecule has 1 unspecified atom stereocenters. The van der Waals surface area contributed by atoms with Gasteiger partial charge in [0.05, 0.1) is 15.6 Å². The number of hydrogen-bond acceptors (Lipinski definition) is 4. The van der Waals surface area contributed by atoms with Crippen LogP contribution in [0.25, 0.3) is 0 Å². The number of nitro groups is 1. The third-order valence-corrected chi connectivity index (χ3v) is 5.04. The minimum absolute atomic E-state index is 0.0976. The standard InChI is InChI=1S/C13H19NO4S.C3H8/c1-3-5-11(4-2)10-19(17,18)13-8-6-12(7-9-13)14(15)16;1-3-2/h6-9,11H,3-5,10H2,1-2H3;3H2,1-2H3. The molecule has 126 valence electrons. The summed E-state index contributed by atoms with van der Waals surface area (Å²) in [5.41, 5.74) is -0.0976. The first-order chi connectivity index (χ1) is 10.3. The number of non-ortho nitro benzene ring substituents is 1. The molecular formula is C16H27NO4S. The molecular weight excluding hydrogens is 302 g/mol. The van der Waals surface area contributed by atoms with Crippen molar-refractivity contribution in [1.82, 2.24) is 0 Å². The minimum atomic E-state index is -3.36. The average Bonchev–Trinajstić information content (AvgIpc) is 2.47. The van der Waals surface area contributed by atoms with Crippen molar-refractivity contribution in [1.29, 1.82) is 0 Å². The van der Waals surface area contributed by atoms with Crippen LogP contribution in [-0.2, 0) is 9.84 Å². The normalized spacial score (nSPS) is 12.2. The lowest BCUT2D eigenvalue weighted by Crippen LogP contribution is -2.16. The molecule has 0 bridgehead atoms. The van der Waals surface area contributed by atoms with Crippen molar-refractivity contribution in [2.45, 2.75) is 58.3 Å². The molecule has 0 heterocycles. The lowest BCUT2D eigenvalue weighted by molar-refractivity contribution is -0.384. The Morgan fingerprint density at radius 3 is 1.95 bits per heavy atom. The van der Waals surface area contributed by atoms with Crippen LogP contribution in [0.5, 0.6) is 0 Å². The van der Waals surface area contributed by atoms with Crippen LogP contribution in [-0.4, -0.2) is 19.1 Å². The maximum Gasteiger partial charge on any atom is 0.269 e. The molecule has 0 fully saturated rings. The van der Waals surface area contributed by atoms with E-state index in [0.717, 1.165) is 19.3 Å². The van der Waals surface area contributed by atoms with Crippen molar-refractivity contribution in [3.63, 3.8) is 0 Å². The summed E-state index contributed by atoms with van der Waals surface area (Å²) in [6.45, 7) is 8.26. The van der Waals surface area contributed by atoms with Gasteiger partial charge in [0.2, 0.25) is 0 Å². The molecule has 1 rings (SSSR count). The van der Waals surface area contributed by atoms with Crippen LogP contribution in [0.2, 0.25) is 0 Å². The van der Waals surface area contributed by atoms with Gasteiger partial charge in [0.1, 0.15) is 0 Å². The number of hydrogen-bond donors (Lipinski definition) is 0. The summed E-state index contributed by atoms with van der Waals surface area (Å²) in [6.07, 6.45) is 3.90. The van der Waals surface area contributed by atoms with Crippen molar-refractivity contribution in [2.24, 2.45) is 5.92 Å². The van der Waals surface area contributed by atoms with E-state index in [2.05, 4.69) is 13.8 Å². The highest BCUT2D eigenvalue weighted by atomic mass is 32.2. The van der Waals surface area contributed by atoms with Crippen molar-refractivity contribution >= 4 is 15.5 Å². The Kier molecular flexibility index (Phi) is 9.65. The fraction of sp³-hybridized carbons (Fsp3) is 0.625. The number of nitro benzene ring substituents is 1. The Hall–Kier alpha value is -1.43. The number of rotatable bonds is 7. The second-order valence-corrected chi connectivity index (χ2v) is 7.34. The Morgan fingerprint density at radius 2 is 1.59 bits per heavy atom. The quantitative estimate of drug-likeness (QED) is 0.540. The van der Waals surface area contributed by atoms with Gasteiger partial charge in [-0.3, -0.25) is 10.1 Å². The molecule has 0 saturated carbocycles. The first-order valence-corrected chi connectivity index (χ1v) is 9.44. The Labute approximate surface area is 133 Å². The first kappa shape index (κ1) is 20.6. The zero-order valence-corrected chi connectivity index (χ0v) is 14.7. The van der Waals surface area contributed by atoms with Gasteiger partial charge in [-0.1, -0.05) is 47.0 Å². The Balaban J connectivity index is 0.00000135. The van der Waals surface area contributed by atoms with Gasteiger partial charge in [-0.05, 0) is 24.5 Å². The summed E-state index contributed by atoms with van der Waals surface area (Å²) in [4.78, 5) is 10.1. The molecule has 0 aliphatic heterocycles. The molecule has 22 heavy (non-hydrogen) atoms. The van der Waals surface area contributed by atoms with Gasteiger partial charge in [-0.15, -0.1) is 0 Å². The molecule has 0 aliphatic rings. The van der Waals surface area contributed by atoms with E-state index in [1.165, 1.54) is 30.7 Å². The smallest absolute Gasteiger partial charge is 0.258 e. The van der Waals surface area contributed by atoms with Crippen LogP contribution in [0.3, 0.4) is 0 Å². The Morgan fingerprint density at radius 1 is 1.09 bits per heavy atom. The third-order valence-electron chi connectivity index (χ3n) is 3.14. The molecule has 6 heteroatoms. The van der Waals surface area contributed by atoms with Crippen LogP contribution >= 0.6 is 0 Å². The van der Waals surface area contributed by atoms with Crippen molar-refractivity contribution < 1.29 is 13.3 Å². The highest BCUT2D eigenvalue weighted by Gasteiger charge is 2.20. The second-order valence-electron chi connectivity index (χ2n) is 5.30. The van der Waals surface area contributed by atoms with E-state index < -0.39 is 14.8 Å². The summed E-state index contributed by atoms with van der Waals surface area (Å²) in [7, 11) is -3.36. The fourth-order valence-electron chi connectivity index (χ4n) is 2.00. The number of benzene rings is 1. The molecule has 0 radical (unpaired) electrons. The average molecular weight is 329 g/mol. The van der Waals surface area contributed by atoms with Gasteiger partial charge < -0.3 is 0 Å². The maximum atomic E-state index is 12.2. The monoisotopic (exact) mass is 329 g/mol. The van der Waals surface area contributed by atoms with Crippen molar-refractivity contribution in [3.05, 3.63) is 34.4 Å². The topological polar surface area (TPSA) is 77.3 Å². The van der Waals surface area contributed by atoms with Crippen LogP contribution in [0.15, 0.2) is 29.2 Å². The minimum Gasteiger partial charge on any atom is -0.258 e. The Bertz CT molecular complexity index is 538. The van der Waals surface area contributed by atoms with E-state index in [0.29, 0.717) is 0 Å². The zero-order valence-electron chi connectivity index (χ0n) is 13.9. The van der Waals surface area contributed by atoms with E-state index in [1.54, 1.807) is 0 Å². The molecule has 0 N–H and O–H groups in total. The van der Waals surface area contributed by atoms with Gasteiger partial charge in [-0.25, -0.2) is 8.42 Å². The van der Waals surface area contributed by atoms with E-state index in [9.17, 15) is 18.5 Å². The highest BCUT2D eigenvalue weighted by molar-refractivity contribution is 7.91. The lowest BCUT2D eigenvalue weighted by atomic mass is 10.0.